The Hall–Kier alpha value is -0.0500. The molecule has 0 aliphatic carbocycles. The van der Waals surface area contributed by atoms with Crippen LogP contribution in [0, 0.1) is 6.92 Å². The second-order valence-electron chi connectivity index (χ2n) is 2.68. The lowest BCUT2D eigenvalue weighted by molar-refractivity contribution is 1.56. The molecule has 3 heteroatoms. The number of hydrogen-bond acceptors (Lipinski definition) is 1. The van der Waals surface area contributed by atoms with Gasteiger partial charge in [-0.15, -0.1) is 11.3 Å². The SMILES string of the molecule is Cc1cc(Cl)cc2c(Br)csc12. The van der Waals surface area contributed by atoms with Gasteiger partial charge in [0.1, 0.15) is 0 Å². The molecule has 0 N–H and O–H groups in total. The molecule has 0 radical (unpaired) electrons. The first kappa shape index (κ1) is 8.54. The van der Waals surface area contributed by atoms with E-state index in [1.165, 1.54) is 15.6 Å². The van der Waals surface area contributed by atoms with Crippen molar-refractivity contribution < 1.29 is 0 Å². The van der Waals surface area contributed by atoms with Gasteiger partial charge >= 0.3 is 0 Å². The number of halogens is 2. The Bertz CT molecular complexity index is 433. The van der Waals surface area contributed by atoms with Gasteiger partial charge in [0.25, 0.3) is 0 Å². The van der Waals surface area contributed by atoms with Gasteiger partial charge < -0.3 is 0 Å². The molecule has 2 rings (SSSR count). The Balaban J connectivity index is 2.92. The minimum Gasteiger partial charge on any atom is -0.142 e. The molecule has 0 unspecified atom stereocenters. The fraction of sp³-hybridized carbons (Fsp3) is 0.111. The van der Waals surface area contributed by atoms with E-state index in [9.17, 15) is 0 Å². The van der Waals surface area contributed by atoms with Gasteiger partial charge in [-0.3, -0.25) is 0 Å². The number of aryl methyl sites for hydroxylation is 1. The third-order valence-corrected chi connectivity index (χ3v) is 4.09. The minimum atomic E-state index is 0.805. The summed E-state index contributed by atoms with van der Waals surface area (Å²) in [7, 11) is 0. The summed E-state index contributed by atoms with van der Waals surface area (Å²) in [6.45, 7) is 2.08. The summed E-state index contributed by atoms with van der Waals surface area (Å²) in [5.74, 6) is 0. The molecule has 0 aliphatic heterocycles. The maximum Gasteiger partial charge on any atom is 0.0416 e. The van der Waals surface area contributed by atoms with Crippen molar-refractivity contribution in [3.8, 4) is 0 Å². The Morgan fingerprint density at radius 2 is 2.17 bits per heavy atom. The highest BCUT2D eigenvalue weighted by Gasteiger charge is 2.04. The van der Waals surface area contributed by atoms with Crippen molar-refractivity contribution in [2.24, 2.45) is 0 Å². The van der Waals surface area contributed by atoms with Crippen LogP contribution in [0.3, 0.4) is 0 Å². The number of hydrogen-bond donors (Lipinski definition) is 0. The van der Waals surface area contributed by atoms with Gasteiger partial charge in [-0.05, 0) is 40.5 Å². The van der Waals surface area contributed by atoms with Gasteiger partial charge in [-0.25, -0.2) is 0 Å². The second-order valence-corrected chi connectivity index (χ2v) is 4.85. The average molecular weight is 262 g/mol. The molecule has 0 fully saturated rings. The summed E-state index contributed by atoms with van der Waals surface area (Å²) < 4.78 is 2.44. The van der Waals surface area contributed by atoms with Gasteiger partial charge in [-0.1, -0.05) is 11.6 Å². The van der Waals surface area contributed by atoms with Crippen LogP contribution in [0.5, 0.6) is 0 Å². The summed E-state index contributed by atoms with van der Waals surface area (Å²) in [5, 5.41) is 4.11. The van der Waals surface area contributed by atoms with E-state index in [0.29, 0.717) is 0 Å². The molecule has 1 heterocycles. The summed E-state index contributed by atoms with van der Waals surface area (Å²) in [6, 6.07) is 3.98. The third kappa shape index (κ3) is 1.28. The van der Waals surface area contributed by atoms with E-state index in [2.05, 4.69) is 28.2 Å². The van der Waals surface area contributed by atoms with Crippen molar-refractivity contribution in [3.05, 3.63) is 32.6 Å². The zero-order chi connectivity index (χ0) is 8.72. The number of rotatable bonds is 0. The Kier molecular flexibility index (Phi) is 2.15. The molecular formula is C9H6BrClS. The van der Waals surface area contributed by atoms with E-state index < -0.39 is 0 Å². The fourth-order valence-corrected chi connectivity index (χ4v) is 3.12. The highest BCUT2D eigenvalue weighted by molar-refractivity contribution is 9.10. The molecule has 0 spiro atoms. The van der Waals surface area contributed by atoms with Crippen molar-refractivity contribution in [1.82, 2.24) is 0 Å². The second kappa shape index (κ2) is 3.02. The first-order valence-corrected chi connectivity index (χ1v) is 5.56. The van der Waals surface area contributed by atoms with Crippen LogP contribution in [-0.2, 0) is 0 Å². The van der Waals surface area contributed by atoms with E-state index in [-0.39, 0.29) is 0 Å². The smallest absolute Gasteiger partial charge is 0.0416 e. The Labute approximate surface area is 88.3 Å². The first-order valence-electron chi connectivity index (χ1n) is 3.51. The van der Waals surface area contributed by atoms with Crippen LogP contribution >= 0.6 is 38.9 Å². The summed E-state index contributed by atoms with van der Waals surface area (Å²) >= 11 is 11.2. The van der Waals surface area contributed by atoms with Gasteiger partial charge in [-0.2, -0.15) is 0 Å². The van der Waals surface area contributed by atoms with Crippen molar-refractivity contribution in [2.75, 3.05) is 0 Å². The minimum absolute atomic E-state index is 0.805. The molecule has 1 aromatic carbocycles. The van der Waals surface area contributed by atoms with Gasteiger partial charge in [0, 0.05) is 25.0 Å². The Morgan fingerprint density at radius 3 is 2.92 bits per heavy atom. The molecule has 0 saturated carbocycles. The monoisotopic (exact) mass is 260 g/mol. The van der Waals surface area contributed by atoms with Gasteiger partial charge in [0.05, 0.1) is 0 Å². The normalized spacial score (nSPS) is 10.9. The lowest BCUT2D eigenvalue weighted by atomic mass is 10.2. The number of thiophene rings is 1. The van der Waals surface area contributed by atoms with Crippen LogP contribution in [-0.4, -0.2) is 0 Å². The van der Waals surface area contributed by atoms with Crippen molar-refractivity contribution in [1.29, 1.82) is 0 Å². The Morgan fingerprint density at radius 1 is 1.42 bits per heavy atom. The third-order valence-electron chi connectivity index (χ3n) is 1.78. The number of benzene rings is 1. The van der Waals surface area contributed by atoms with E-state index in [4.69, 9.17) is 11.6 Å². The van der Waals surface area contributed by atoms with Crippen LogP contribution in [0.25, 0.3) is 10.1 Å². The molecule has 0 aliphatic rings. The molecule has 2 aromatic rings. The van der Waals surface area contributed by atoms with E-state index in [1.54, 1.807) is 11.3 Å². The predicted molar refractivity (Wildman–Crippen MR) is 59.3 cm³/mol. The summed E-state index contributed by atoms with van der Waals surface area (Å²) in [4.78, 5) is 0. The lowest BCUT2D eigenvalue weighted by Crippen LogP contribution is -1.72. The van der Waals surface area contributed by atoms with Crippen molar-refractivity contribution in [3.63, 3.8) is 0 Å². The molecule has 62 valence electrons. The molecule has 12 heavy (non-hydrogen) atoms. The fourth-order valence-electron chi connectivity index (χ4n) is 1.24. The van der Waals surface area contributed by atoms with Gasteiger partial charge in [0.2, 0.25) is 0 Å². The largest absolute Gasteiger partial charge is 0.142 e. The highest BCUT2D eigenvalue weighted by atomic mass is 79.9. The van der Waals surface area contributed by atoms with Crippen LogP contribution < -0.4 is 0 Å². The maximum absolute atomic E-state index is 5.94. The van der Waals surface area contributed by atoms with E-state index in [0.717, 1.165) is 9.50 Å². The predicted octanol–water partition coefficient (Wildman–Crippen LogP) is 4.63. The van der Waals surface area contributed by atoms with Crippen molar-refractivity contribution in [2.45, 2.75) is 6.92 Å². The van der Waals surface area contributed by atoms with Crippen LogP contribution in [0.2, 0.25) is 5.02 Å². The van der Waals surface area contributed by atoms with Crippen LogP contribution in [0.4, 0.5) is 0 Å². The van der Waals surface area contributed by atoms with Gasteiger partial charge in [0.15, 0.2) is 0 Å². The molecule has 0 atom stereocenters. The zero-order valence-corrected chi connectivity index (χ0v) is 9.55. The maximum atomic E-state index is 5.94. The summed E-state index contributed by atoms with van der Waals surface area (Å²) in [6.07, 6.45) is 0. The van der Waals surface area contributed by atoms with Crippen LogP contribution in [0.15, 0.2) is 22.0 Å². The quantitative estimate of drug-likeness (QED) is 0.649. The topological polar surface area (TPSA) is 0 Å². The standard InChI is InChI=1S/C9H6BrClS/c1-5-2-6(11)3-7-8(10)4-12-9(5)7/h2-4H,1H3. The first-order chi connectivity index (χ1) is 5.68. The molecular weight excluding hydrogens is 256 g/mol. The van der Waals surface area contributed by atoms with E-state index >= 15 is 0 Å². The molecule has 0 saturated heterocycles. The average Bonchev–Trinajstić information content (AvgIpc) is 2.33. The zero-order valence-electron chi connectivity index (χ0n) is 6.40. The molecule has 0 nitrogen and oxygen atoms in total. The summed E-state index contributed by atoms with van der Waals surface area (Å²) in [5.41, 5.74) is 1.24. The van der Waals surface area contributed by atoms with Crippen molar-refractivity contribution >= 4 is 49.0 Å². The molecule has 0 amide bonds. The highest BCUT2D eigenvalue weighted by Crippen LogP contribution is 2.34. The van der Waals surface area contributed by atoms with Crippen LogP contribution in [0.1, 0.15) is 5.56 Å². The number of fused-ring (bicyclic) bond motifs is 1. The molecule has 1 aromatic heterocycles. The lowest BCUT2D eigenvalue weighted by Gasteiger charge is -1.96. The molecule has 0 bridgehead atoms. The van der Waals surface area contributed by atoms with E-state index in [1.807, 2.05) is 12.1 Å².